The van der Waals surface area contributed by atoms with Gasteiger partial charge in [0.15, 0.2) is 0 Å². The topological polar surface area (TPSA) is 30.7 Å². The zero-order valence-corrected chi connectivity index (χ0v) is 26.6. The number of benzene rings is 7. The van der Waals surface area contributed by atoms with E-state index in [2.05, 4.69) is 144 Å². The predicted octanol–water partition coefficient (Wildman–Crippen LogP) is 12.3. The molecule has 4 aromatic heterocycles. The number of rotatable bonds is 2. The molecule has 0 atom stereocenters. The third-order valence-electron chi connectivity index (χ3n) is 9.59. The zero-order valence-electron chi connectivity index (χ0n) is 24.9. The summed E-state index contributed by atoms with van der Waals surface area (Å²) >= 11 is 3.65. The van der Waals surface area contributed by atoms with Crippen molar-refractivity contribution in [1.29, 1.82) is 0 Å². The summed E-state index contributed by atoms with van der Waals surface area (Å²) in [5, 5.41) is 11.3. The number of aromatic nitrogens is 3. The van der Waals surface area contributed by atoms with Crippen molar-refractivity contribution in [2.24, 2.45) is 0 Å². The van der Waals surface area contributed by atoms with Crippen LogP contribution in [0.3, 0.4) is 0 Å². The second-order valence-electron chi connectivity index (χ2n) is 12.1. The molecule has 0 aliphatic rings. The number of para-hydroxylation sites is 1. The van der Waals surface area contributed by atoms with E-state index in [4.69, 9.17) is 9.97 Å². The van der Waals surface area contributed by atoms with Gasteiger partial charge in [-0.15, -0.1) is 22.7 Å². The molecule has 11 rings (SSSR count). The van der Waals surface area contributed by atoms with E-state index in [0.29, 0.717) is 5.95 Å². The van der Waals surface area contributed by atoms with Crippen LogP contribution in [-0.2, 0) is 0 Å². The van der Waals surface area contributed by atoms with Crippen LogP contribution in [0.1, 0.15) is 0 Å². The molecule has 0 saturated carbocycles. The largest absolute Gasteiger partial charge is 0.276 e. The van der Waals surface area contributed by atoms with Crippen LogP contribution in [0.15, 0.2) is 140 Å². The normalized spacial score (nSPS) is 12.3. The molecule has 3 nitrogen and oxygen atoms in total. The summed E-state index contributed by atoms with van der Waals surface area (Å²) in [6.07, 6.45) is 0. The van der Waals surface area contributed by atoms with Crippen LogP contribution in [0.4, 0.5) is 0 Å². The Morgan fingerprint density at radius 2 is 1.11 bits per heavy atom. The molecule has 218 valence electrons. The summed E-state index contributed by atoms with van der Waals surface area (Å²) in [6, 6.07) is 50.2. The fourth-order valence-electron chi connectivity index (χ4n) is 7.62. The molecule has 4 heterocycles. The average molecular weight is 634 g/mol. The number of nitrogens with zero attached hydrogens (tertiary/aromatic N) is 3. The van der Waals surface area contributed by atoms with Gasteiger partial charge in [-0.1, -0.05) is 121 Å². The van der Waals surface area contributed by atoms with Crippen molar-refractivity contribution in [3.63, 3.8) is 0 Å². The van der Waals surface area contributed by atoms with Gasteiger partial charge in [-0.25, -0.2) is 9.97 Å². The first kappa shape index (κ1) is 25.6. The van der Waals surface area contributed by atoms with Gasteiger partial charge in [0.25, 0.3) is 0 Å². The SMILES string of the molecule is c1ccc(-c2nc(-n3c4ccccc4c4c5ccc6ccccc6c5c5c6ccccc6sc5c43)nc3c2sc2ccccc23)cc1. The molecule has 0 spiro atoms. The van der Waals surface area contributed by atoms with Crippen molar-refractivity contribution in [3.05, 3.63) is 140 Å². The highest BCUT2D eigenvalue weighted by molar-refractivity contribution is 7.27. The zero-order chi connectivity index (χ0) is 30.6. The van der Waals surface area contributed by atoms with Crippen molar-refractivity contribution in [1.82, 2.24) is 14.5 Å². The van der Waals surface area contributed by atoms with Gasteiger partial charge in [-0.2, -0.15) is 0 Å². The minimum Gasteiger partial charge on any atom is -0.276 e. The van der Waals surface area contributed by atoms with E-state index in [1.165, 1.54) is 62.7 Å². The summed E-state index contributed by atoms with van der Waals surface area (Å²) in [7, 11) is 0. The van der Waals surface area contributed by atoms with Crippen molar-refractivity contribution < 1.29 is 0 Å². The predicted molar refractivity (Wildman–Crippen MR) is 203 cm³/mol. The monoisotopic (exact) mass is 633 g/mol. The minimum atomic E-state index is 0.699. The highest BCUT2D eigenvalue weighted by Gasteiger charge is 2.25. The van der Waals surface area contributed by atoms with E-state index in [1.807, 2.05) is 11.3 Å². The van der Waals surface area contributed by atoms with E-state index in [9.17, 15) is 0 Å². The van der Waals surface area contributed by atoms with Crippen LogP contribution in [0.5, 0.6) is 0 Å². The molecule has 0 unspecified atom stereocenters. The Balaban J connectivity index is 1.41. The fraction of sp³-hybridized carbons (Fsp3) is 0. The molecule has 11 aromatic rings. The Bertz CT molecular complexity index is 3070. The molecule has 5 heteroatoms. The molecular weight excluding hydrogens is 611 g/mol. The Hall–Kier alpha value is -5.62. The lowest BCUT2D eigenvalue weighted by Crippen LogP contribution is -2.03. The molecule has 0 N–H and O–H groups in total. The lowest BCUT2D eigenvalue weighted by atomic mass is 9.94. The maximum absolute atomic E-state index is 5.47. The number of hydrogen-bond donors (Lipinski definition) is 0. The van der Waals surface area contributed by atoms with Crippen LogP contribution in [0.2, 0.25) is 0 Å². The summed E-state index contributed by atoms with van der Waals surface area (Å²) in [5.41, 5.74) is 5.34. The number of thiophene rings is 2. The maximum Gasteiger partial charge on any atom is 0.235 e. The molecule has 0 radical (unpaired) electrons. The van der Waals surface area contributed by atoms with E-state index in [1.54, 1.807) is 11.3 Å². The first-order chi connectivity index (χ1) is 23.3. The highest BCUT2D eigenvalue weighted by Crippen LogP contribution is 2.49. The smallest absolute Gasteiger partial charge is 0.235 e. The van der Waals surface area contributed by atoms with E-state index < -0.39 is 0 Å². The van der Waals surface area contributed by atoms with Crippen LogP contribution in [0, 0.1) is 0 Å². The van der Waals surface area contributed by atoms with E-state index >= 15 is 0 Å². The summed E-state index contributed by atoms with van der Waals surface area (Å²) in [6.45, 7) is 0. The Morgan fingerprint density at radius 3 is 1.96 bits per heavy atom. The van der Waals surface area contributed by atoms with Gasteiger partial charge in [0, 0.05) is 41.9 Å². The second kappa shape index (κ2) is 9.46. The third-order valence-corrected chi connectivity index (χ3v) is 11.9. The fourth-order valence-corrected chi connectivity index (χ4v) is 10.0. The van der Waals surface area contributed by atoms with Crippen LogP contribution in [0.25, 0.3) is 101 Å². The summed E-state index contributed by atoms with van der Waals surface area (Å²) < 4.78 is 7.23. The molecule has 7 aromatic carbocycles. The second-order valence-corrected chi connectivity index (χ2v) is 14.2. The van der Waals surface area contributed by atoms with E-state index in [-0.39, 0.29) is 0 Å². The van der Waals surface area contributed by atoms with Gasteiger partial charge >= 0.3 is 0 Å². The van der Waals surface area contributed by atoms with Crippen molar-refractivity contribution in [2.45, 2.75) is 0 Å². The van der Waals surface area contributed by atoms with Crippen molar-refractivity contribution >= 4 is 106 Å². The van der Waals surface area contributed by atoms with Crippen molar-refractivity contribution in [2.75, 3.05) is 0 Å². The summed E-state index contributed by atoms with van der Waals surface area (Å²) in [5.74, 6) is 0.699. The molecule has 0 bridgehead atoms. The molecule has 0 aliphatic heterocycles. The van der Waals surface area contributed by atoms with Gasteiger partial charge in [0.2, 0.25) is 5.95 Å². The van der Waals surface area contributed by atoms with Crippen LogP contribution >= 0.6 is 22.7 Å². The minimum absolute atomic E-state index is 0.699. The Morgan fingerprint density at radius 1 is 0.447 bits per heavy atom. The van der Waals surface area contributed by atoms with Crippen LogP contribution in [-0.4, -0.2) is 14.5 Å². The van der Waals surface area contributed by atoms with Gasteiger partial charge in [-0.05, 0) is 39.7 Å². The van der Waals surface area contributed by atoms with Gasteiger partial charge in [0.1, 0.15) is 0 Å². The standard InChI is InChI=1S/C42H23N3S2/c1-2-13-25(14-3-1)37-41-38(29-18-8-11-21-33(29)47-41)44-42(43-37)45-31-19-9-6-16-27(31)35-30-23-22-24-12-4-5-15-26(24)34(30)36-28-17-7-10-20-32(28)46-40(36)39(35)45/h1-23H. The quantitative estimate of drug-likeness (QED) is 0.177. The molecule has 0 amide bonds. The summed E-state index contributed by atoms with van der Waals surface area (Å²) in [4.78, 5) is 10.9. The van der Waals surface area contributed by atoms with Gasteiger partial charge in [-0.3, -0.25) is 4.57 Å². The number of fused-ring (bicyclic) bond motifs is 15. The Labute approximate surface area is 276 Å². The first-order valence-corrected chi connectivity index (χ1v) is 17.4. The molecule has 0 aliphatic carbocycles. The third kappa shape index (κ3) is 3.45. The van der Waals surface area contributed by atoms with Crippen molar-refractivity contribution in [3.8, 4) is 17.2 Å². The van der Waals surface area contributed by atoms with Crippen LogP contribution < -0.4 is 0 Å². The number of hydrogen-bond acceptors (Lipinski definition) is 4. The Kier molecular flexibility index (Phi) is 5.14. The average Bonchev–Trinajstić information content (AvgIpc) is 3.81. The maximum atomic E-state index is 5.47. The first-order valence-electron chi connectivity index (χ1n) is 15.8. The molecule has 47 heavy (non-hydrogen) atoms. The lowest BCUT2D eigenvalue weighted by molar-refractivity contribution is 1.02. The van der Waals surface area contributed by atoms with Gasteiger partial charge < -0.3 is 0 Å². The van der Waals surface area contributed by atoms with Gasteiger partial charge in [0.05, 0.1) is 31.6 Å². The van der Waals surface area contributed by atoms with E-state index in [0.717, 1.165) is 32.4 Å². The highest BCUT2D eigenvalue weighted by atomic mass is 32.1. The lowest BCUT2D eigenvalue weighted by Gasteiger charge is -2.12. The molecule has 0 saturated heterocycles. The molecule has 0 fully saturated rings. The molecular formula is C42H23N3S2.